The molecule has 0 atom stereocenters. The highest BCUT2D eigenvalue weighted by molar-refractivity contribution is 6.08. The summed E-state index contributed by atoms with van der Waals surface area (Å²) in [6.45, 7) is 4.40. The van der Waals surface area contributed by atoms with Crippen LogP contribution >= 0.6 is 0 Å². The number of benzene rings is 3. The highest BCUT2D eigenvalue weighted by atomic mass is 16.5. The van der Waals surface area contributed by atoms with E-state index in [0.717, 1.165) is 16.7 Å². The first kappa shape index (κ1) is 20.1. The zero-order chi connectivity index (χ0) is 20.6. The summed E-state index contributed by atoms with van der Waals surface area (Å²) in [6, 6.07) is 22.7. The zero-order valence-corrected chi connectivity index (χ0v) is 16.6. The molecule has 0 radical (unpaired) electrons. The molecule has 5 nitrogen and oxygen atoms in total. The number of hydrogen-bond donors (Lipinski definition) is 2. The van der Waals surface area contributed by atoms with E-state index in [9.17, 15) is 9.59 Å². The maximum atomic E-state index is 12.1. The minimum atomic E-state index is -0.371. The average molecular weight is 388 g/mol. The van der Waals surface area contributed by atoms with E-state index in [2.05, 4.69) is 10.6 Å². The number of ether oxygens (including phenoxy) is 1. The van der Waals surface area contributed by atoms with E-state index in [1.165, 1.54) is 0 Å². The Hall–Kier alpha value is -3.60. The molecule has 0 bridgehead atoms. The molecule has 0 heterocycles. The van der Waals surface area contributed by atoms with Crippen molar-refractivity contribution in [3.63, 3.8) is 0 Å². The van der Waals surface area contributed by atoms with E-state index in [0.29, 0.717) is 23.7 Å². The molecule has 148 valence electrons. The molecule has 5 heteroatoms. The molecular formula is C24H24N2O3. The lowest BCUT2D eigenvalue weighted by Crippen LogP contribution is -2.21. The largest absolute Gasteiger partial charge is 0.489 e. The molecule has 0 aliphatic carbocycles. The van der Waals surface area contributed by atoms with Gasteiger partial charge in [-0.05, 0) is 66.9 Å². The quantitative estimate of drug-likeness (QED) is 0.569. The van der Waals surface area contributed by atoms with Gasteiger partial charge in [-0.2, -0.15) is 0 Å². The first-order valence-electron chi connectivity index (χ1n) is 9.43. The van der Waals surface area contributed by atoms with E-state index in [1.807, 2.05) is 62.4 Å². The molecule has 0 saturated carbocycles. The third kappa shape index (κ3) is 6.50. The van der Waals surface area contributed by atoms with Gasteiger partial charge in [0.15, 0.2) is 0 Å². The normalized spacial score (nSPS) is 10.3. The second kappa shape index (κ2) is 9.55. The highest BCUT2D eigenvalue weighted by Crippen LogP contribution is 2.18. The Morgan fingerprint density at radius 2 is 1.34 bits per heavy atom. The zero-order valence-electron chi connectivity index (χ0n) is 16.6. The van der Waals surface area contributed by atoms with Gasteiger partial charge in [-0.1, -0.05) is 36.4 Å². The molecule has 3 aromatic rings. The maximum Gasteiger partial charge on any atom is 0.233 e. The van der Waals surface area contributed by atoms with Crippen LogP contribution in [0.3, 0.4) is 0 Å². The molecule has 3 rings (SSSR count). The third-order valence-electron chi connectivity index (χ3n) is 4.21. The molecule has 0 unspecified atom stereocenters. The van der Waals surface area contributed by atoms with Crippen LogP contribution in [0.1, 0.15) is 23.1 Å². The number of carbonyl (C=O) groups excluding carboxylic acids is 2. The summed E-state index contributed by atoms with van der Waals surface area (Å²) in [5, 5.41) is 5.49. The van der Waals surface area contributed by atoms with Crippen molar-refractivity contribution >= 4 is 23.2 Å². The summed E-state index contributed by atoms with van der Waals surface area (Å²) < 4.78 is 5.73. The van der Waals surface area contributed by atoms with Gasteiger partial charge in [0.2, 0.25) is 11.8 Å². The Morgan fingerprint density at radius 1 is 0.759 bits per heavy atom. The second-order valence-electron chi connectivity index (χ2n) is 6.95. The van der Waals surface area contributed by atoms with E-state index < -0.39 is 0 Å². The van der Waals surface area contributed by atoms with Gasteiger partial charge in [-0.25, -0.2) is 0 Å². The summed E-state index contributed by atoms with van der Waals surface area (Å²) in [5.74, 6) is -0.0143. The van der Waals surface area contributed by atoms with E-state index in [1.54, 1.807) is 24.3 Å². The van der Waals surface area contributed by atoms with Crippen molar-refractivity contribution in [3.8, 4) is 5.75 Å². The Kier molecular flexibility index (Phi) is 6.63. The standard InChI is InChI=1S/C24H24N2O3/c1-17-12-18(2)14-21(13-17)26-24(28)15-23(27)25-20-8-10-22(11-9-20)29-16-19-6-4-3-5-7-19/h3-14H,15-16H2,1-2H3,(H,25,27)(H,26,28). The van der Waals surface area contributed by atoms with Crippen LogP contribution in [0.5, 0.6) is 5.75 Å². The van der Waals surface area contributed by atoms with Crippen molar-refractivity contribution in [1.82, 2.24) is 0 Å². The van der Waals surface area contributed by atoms with Gasteiger partial charge in [0.1, 0.15) is 18.8 Å². The topological polar surface area (TPSA) is 67.4 Å². The number of hydrogen-bond acceptors (Lipinski definition) is 3. The minimum absolute atomic E-state index is 0.251. The number of nitrogens with one attached hydrogen (secondary N) is 2. The van der Waals surface area contributed by atoms with Gasteiger partial charge in [0, 0.05) is 11.4 Å². The van der Waals surface area contributed by atoms with Crippen molar-refractivity contribution < 1.29 is 14.3 Å². The average Bonchev–Trinajstić information content (AvgIpc) is 2.67. The molecule has 0 fully saturated rings. The van der Waals surface area contributed by atoms with Crippen LogP contribution in [-0.2, 0) is 16.2 Å². The first-order chi connectivity index (χ1) is 14.0. The lowest BCUT2D eigenvalue weighted by atomic mass is 10.1. The van der Waals surface area contributed by atoms with Crippen LogP contribution in [-0.4, -0.2) is 11.8 Å². The van der Waals surface area contributed by atoms with E-state index in [4.69, 9.17) is 4.74 Å². The van der Waals surface area contributed by atoms with Crippen molar-refractivity contribution in [2.45, 2.75) is 26.9 Å². The van der Waals surface area contributed by atoms with Crippen LogP contribution < -0.4 is 15.4 Å². The summed E-state index contributed by atoms with van der Waals surface area (Å²) in [7, 11) is 0. The van der Waals surface area contributed by atoms with Gasteiger partial charge >= 0.3 is 0 Å². The molecule has 2 N–H and O–H groups in total. The molecule has 29 heavy (non-hydrogen) atoms. The fourth-order valence-electron chi connectivity index (χ4n) is 2.98. The van der Waals surface area contributed by atoms with E-state index in [-0.39, 0.29) is 18.2 Å². The van der Waals surface area contributed by atoms with Crippen molar-refractivity contribution in [2.24, 2.45) is 0 Å². The van der Waals surface area contributed by atoms with Crippen molar-refractivity contribution in [1.29, 1.82) is 0 Å². The van der Waals surface area contributed by atoms with Gasteiger partial charge in [-0.3, -0.25) is 9.59 Å². The Morgan fingerprint density at radius 3 is 1.97 bits per heavy atom. The molecule has 3 aromatic carbocycles. The fraction of sp³-hybridized carbons (Fsp3) is 0.167. The van der Waals surface area contributed by atoms with Crippen LogP contribution in [0.2, 0.25) is 0 Å². The predicted octanol–water partition coefficient (Wildman–Crippen LogP) is 4.85. The Balaban J connectivity index is 1.47. The maximum absolute atomic E-state index is 12.1. The van der Waals surface area contributed by atoms with Crippen LogP contribution in [0.4, 0.5) is 11.4 Å². The summed E-state index contributed by atoms with van der Waals surface area (Å²) >= 11 is 0. The number of anilines is 2. The molecule has 0 saturated heterocycles. The molecule has 0 aromatic heterocycles. The predicted molar refractivity (Wildman–Crippen MR) is 115 cm³/mol. The van der Waals surface area contributed by atoms with E-state index >= 15 is 0 Å². The summed E-state index contributed by atoms with van der Waals surface area (Å²) in [5.41, 5.74) is 4.50. The number of amides is 2. The monoisotopic (exact) mass is 388 g/mol. The van der Waals surface area contributed by atoms with Crippen molar-refractivity contribution in [3.05, 3.63) is 89.5 Å². The second-order valence-corrected chi connectivity index (χ2v) is 6.95. The van der Waals surface area contributed by atoms with Gasteiger partial charge in [0.25, 0.3) is 0 Å². The van der Waals surface area contributed by atoms with Crippen LogP contribution in [0, 0.1) is 13.8 Å². The lowest BCUT2D eigenvalue weighted by Gasteiger charge is -2.09. The third-order valence-corrected chi connectivity index (χ3v) is 4.21. The molecular weight excluding hydrogens is 364 g/mol. The van der Waals surface area contributed by atoms with Gasteiger partial charge < -0.3 is 15.4 Å². The van der Waals surface area contributed by atoms with Crippen LogP contribution in [0.15, 0.2) is 72.8 Å². The molecule has 0 aliphatic rings. The minimum Gasteiger partial charge on any atom is -0.489 e. The molecule has 2 amide bonds. The lowest BCUT2D eigenvalue weighted by molar-refractivity contribution is -0.123. The SMILES string of the molecule is Cc1cc(C)cc(NC(=O)CC(=O)Nc2ccc(OCc3ccccc3)cc2)c1. The fourth-order valence-corrected chi connectivity index (χ4v) is 2.98. The molecule has 0 aliphatic heterocycles. The Labute approximate surface area is 170 Å². The van der Waals surface area contributed by atoms with Crippen molar-refractivity contribution in [2.75, 3.05) is 10.6 Å². The smallest absolute Gasteiger partial charge is 0.233 e. The highest BCUT2D eigenvalue weighted by Gasteiger charge is 2.10. The summed E-state index contributed by atoms with van der Waals surface area (Å²) in [6.07, 6.45) is -0.251. The summed E-state index contributed by atoms with van der Waals surface area (Å²) in [4.78, 5) is 24.3. The Bertz CT molecular complexity index is 963. The first-order valence-corrected chi connectivity index (χ1v) is 9.43. The number of rotatable bonds is 7. The van der Waals surface area contributed by atoms with Gasteiger partial charge in [-0.15, -0.1) is 0 Å². The molecule has 0 spiro atoms. The number of aryl methyl sites for hydroxylation is 2. The number of carbonyl (C=O) groups is 2. The van der Waals surface area contributed by atoms with Gasteiger partial charge in [0.05, 0.1) is 0 Å². The van der Waals surface area contributed by atoms with Crippen LogP contribution in [0.25, 0.3) is 0 Å².